The van der Waals surface area contributed by atoms with Crippen LogP contribution in [0.3, 0.4) is 0 Å². The molecule has 1 amide bonds. The van der Waals surface area contributed by atoms with Crippen molar-refractivity contribution in [2.24, 2.45) is 0 Å². The molecule has 1 N–H and O–H groups in total. The van der Waals surface area contributed by atoms with Gasteiger partial charge in [-0.1, -0.05) is 18.2 Å². The van der Waals surface area contributed by atoms with Gasteiger partial charge >= 0.3 is 0 Å². The maximum absolute atomic E-state index is 12.4. The van der Waals surface area contributed by atoms with E-state index in [1.807, 2.05) is 18.2 Å². The third-order valence-corrected chi connectivity index (χ3v) is 3.95. The summed E-state index contributed by atoms with van der Waals surface area (Å²) in [5, 5.41) is 7.01. The van der Waals surface area contributed by atoms with Crippen molar-refractivity contribution in [3.05, 3.63) is 59.5 Å². The first-order chi connectivity index (χ1) is 11.2. The molecule has 3 heterocycles. The number of amides is 1. The molecule has 2 aromatic heterocycles. The first-order valence-electron chi connectivity index (χ1n) is 7.56. The van der Waals surface area contributed by atoms with E-state index < -0.39 is 0 Å². The minimum Gasteiger partial charge on any atom is -0.490 e. The third-order valence-electron chi connectivity index (χ3n) is 3.95. The van der Waals surface area contributed by atoms with Crippen LogP contribution in [0.15, 0.2) is 42.7 Å². The molecular weight excluding hydrogens is 292 g/mol. The van der Waals surface area contributed by atoms with Crippen molar-refractivity contribution in [1.82, 2.24) is 19.9 Å². The highest BCUT2D eigenvalue weighted by Gasteiger charge is 2.19. The van der Waals surface area contributed by atoms with Crippen LogP contribution in [0.5, 0.6) is 5.75 Å². The standard InChI is InChI=1S/C17H16N4O2/c1-11-7-13-8-12(5-6-15(13)23-11)9-18-17(22)14-3-2-4-16-19-10-20-21(14)16/h2-6,8,10-11H,7,9H2,1H3,(H,18,22). The number of nitrogens with one attached hydrogen (secondary N) is 1. The Labute approximate surface area is 133 Å². The van der Waals surface area contributed by atoms with Crippen LogP contribution in [0.2, 0.25) is 0 Å². The van der Waals surface area contributed by atoms with Crippen molar-refractivity contribution >= 4 is 11.6 Å². The minimum atomic E-state index is -0.175. The van der Waals surface area contributed by atoms with E-state index in [1.165, 1.54) is 16.4 Å². The van der Waals surface area contributed by atoms with Gasteiger partial charge in [0, 0.05) is 13.0 Å². The normalized spacial score (nSPS) is 16.1. The molecule has 0 bridgehead atoms. The Hall–Kier alpha value is -2.89. The van der Waals surface area contributed by atoms with Crippen molar-refractivity contribution < 1.29 is 9.53 Å². The van der Waals surface area contributed by atoms with Gasteiger partial charge in [-0.2, -0.15) is 5.10 Å². The van der Waals surface area contributed by atoms with Gasteiger partial charge in [-0.25, -0.2) is 9.50 Å². The number of carbonyl (C=O) groups is 1. The number of hydrogen-bond acceptors (Lipinski definition) is 4. The van der Waals surface area contributed by atoms with Crippen LogP contribution < -0.4 is 10.1 Å². The van der Waals surface area contributed by atoms with Crippen LogP contribution >= 0.6 is 0 Å². The quantitative estimate of drug-likeness (QED) is 0.803. The van der Waals surface area contributed by atoms with Gasteiger partial charge < -0.3 is 10.1 Å². The smallest absolute Gasteiger partial charge is 0.270 e. The molecular formula is C17H16N4O2. The zero-order chi connectivity index (χ0) is 15.8. The fourth-order valence-electron chi connectivity index (χ4n) is 2.88. The van der Waals surface area contributed by atoms with Crippen molar-refractivity contribution in [2.75, 3.05) is 0 Å². The summed E-state index contributed by atoms with van der Waals surface area (Å²) in [6.07, 6.45) is 2.57. The lowest BCUT2D eigenvalue weighted by atomic mass is 10.1. The van der Waals surface area contributed by atoms with Gasteiger partial charge in [0.1, 0.15) is 23.9 Å². The zero-order valence-corrected chi connectivity index (χ0v) is 12.7. The highest BCUT2D eigenvalue weighted by Crippen LogP contribution is 2.29. The van der Waals surface area contributed by atoms with Crippen molar-refractivity contribution in [3.63, 3.8) is 0 Å². The molecule has 23 heavy (non-hydrogen) atoms. The average Bonchev–Trinajstić information content (AvgIpc) is 3.16. The summed E-state index contributed by atoms with van der Waals surface area (Å²) in [5.41, 5.74) is 3.38. The lowest BCUT2D eigenvalue weighted by Crippen LogP contribution is -2.25. The van der Waals surface area contributed by atoms with Crippen LogP contribution in [0, 0.1) is 0 Å². The molecule has 6 heteroatoms. The van der Waals surface area contributed by atoms with Gasteiger partial charge in [0.15, 0.2) is 5.65 Å². The monoisotopic (exact) mass is 308 g/mol. The molecule has 0 saturated heterocycles. The maximum atomic E-state index is 12.4. The molecule has 1 aromatic carbocycles. The highest BCUT2D eigenvalue weighted by molar-refractivity contribution is 5.93. The summed E-state index contributed by atoms with van der Waals surface area (Å²) in [7, 11) is 0. The number of ether oxygens (including phenoxy) is 1. The lowest BCUT2D eigenvalue weighted by molar-refractivity contribution is 0.0943. The summed E-state index contributed by atoms with van der Waals surface area (Å²) in [5.74, 6) is 0.770. The fraction of sp³-hybridized carbons (Fsp3) is 0.235. The predicted molar refractivity (Wildman–Crippen MR) is 84.4 cm³/mol. The molecule has 1 aliphatic rings. The molecule has 1 unspecified atom stereocenters. The minimum absolute atomic E-state index is 0.175. The number of hydrogen-bond donors (Lipinski definition) is 1. The number of pyridine rings is 1. The van der Waals surface area contributed by atoms with Crippen LogP contribution in [-0.2, 0) is 13.0 Å². The van der Waals surface area contributed by atoms with E-state index in [2.05, 4.69) is 28.4 Å². The molecule has 1 aliphatic heterocycles. The number of rotatable bonds is 3. The third kappa shape index (κ3) is 2.52. The summed E-state index contributed by atoms with van der Waals surface area (Å²) < 4.78 is 7.23. The van der Waals surface area contributed by atoms with Crippen LogP contribution in [0.1, 0.15) is 28.5 Å². The van der Waals surface area contributed by atoms with Crippen molar-refractivity contribution in [3.8, 4) is 5.75 Å². The summed E-state index contributed by atoms with van der Waals surface area (Å²) in [6.45, 7) is 2.52. The first kappa shape index (κ1) is 13.8. The Bertz CT molecular complexity index is 887. The summed E-state index contributed by atoms with van der Waals surface area (Å²) in [6, 6.07) is 11.4. The van der Waals surface area contributed by atoms with Crippen LogP contribution in [0.4, 0.5) is 0 Å². The van der Waals surface area contributed by atoms with Gasteiger partial charge in [-0.3, -0.25) is 4.79 Å². The van der Waals surface area contributed by atoms with E-state index >= 15 is 0 Å². The Morgan fingerprint density at radius 2 is 2.30 bits per heavy atom. The SMILES string of the molecule is CC1Cc2cc(CNC(=O)c3cccc4ncnn34)ccc2O1. The van der Waals surface area contributed by atoms with Gasteiger partial charge in [0.25, 0.3) is 5.91 Å². The van der Waals surface area contributed by atoms with Crippen molar-refractivity contribution in [1.29, 1.82) is 0 Å². The number of benzene rings is 1. The predicted octanol–water partition coefficient (Wildman–Crippen LogP) is 1.98. The Kier molecular flexibility index (Phi) is 3.22. The topological polar surface area (TPSA) is 68.5 Å². The molecule has 0 aliphatic carbocycles. The Morgan fingerprint density at radius 3 is 3.22 bits per heavy atom. The molecule has 0 spiro atoms. The summed E-state index contributed by atoms with van der Waals surface area (Å²) in [4.78, 5) is 16.5. The highest BCUT2D eigenvalue weighted by atomic mass is 16.5. The van der Waals surface area contributed by atoms with E-state index in [1.54, 1.807) is 12.1 Å². The number of aromatic nitrogens is 3. The Morgan fingerprint density at radius 1 is 1.39 bits per heavy atom. The molecule has 3 aromatic rings. The molecule has 1 atom stereocenters. The molecule has 6 nitrogen and oxygen atoms in total. The zero-order valence-electron chi connectivity index (χ0n) is 12.7. The van der Waals surface area contributed by atoms with E-state index in [0.29, 0.717) is 17.9 Å². The second-order valence-corrected chi connectivity index (χ2v) is 5.70. The largest absolute Gasteiger partial charge is 0.490 e. The molecule has 4 rings (SSSR count). The fourth-order valence-corrected chi connectivity index (χ4v) is 2.88. The van der Waals surface area contributed by atoms with Gasteiger partial charge in [-0.15, -0.1) is 0 Å². The molecule has 0 radical (unpaired) electrons. The summed E-state index contributed by atoms with van der Waals surface area (Å²) >= 11 is 0. The second kappa shape index (κ2) is 5.39. The average molecular weight is 308 g/mol. The number of carbonyl (C=O) groups excluding carboxylic acids is 1. The Balaban J connectivity index is 1.50. The molecule has 116 valence electrons. The maximum Gasteiger partial charge on any atom is 0.270 e. The van der Waals surface area contributed by atoms with Gasteiger partial charge in [-0.05, 0) is 36.2 Å². The van der Waals surface area contributed by atoms with Gasteiger partial charge in [0.05, 0.1) is 0 Å². The molecule has 0 saturated carbocycles. The van der Waals surface area contributed by atoms with Gasteiger partial charge in [0.2, 0.25) is 0 Å². The molecule has 0 fully saturated rings. The number of nitrogens with zero attached hydrogens (tertiary/aromatic N) is 3. The van der Waals surface area contributed by atoms with Crippen molar-refractivity contribution in [2.45, 2.75) is 26.0 Å². The lowest BCUT2D eigenvalue weighted by Gasteiger charge is -2.08. The number of fused-ring (bicyclic) bond motifs is 2. The second-order valence-electron chi connectivity index (χ2n) is 5.70. The van der Waals surface area contributed by atoms with Crippen LogP contribution in [0.25, 0.3) is 5.65 Å². The van der Waals surface area contributed by atoms with E-state index in [9.17, 15) is 4.79 Å². The van der Waals surface area contributed by atoms with E-state index in [0.717, 1.165) is 17.7 Å². The van der Waals surface area contributed by atoms with E-state index in [-0.39, 0.29) is 12.0 Å². The van der Waals surface area contributed by atoms with Crippen LogP contribution in [-0.4, -0.2) is 26.6 Å². The first-order valence-corrected chi connectivity index (χ1v) is 7.56. The van der Waals surface area contributed by atoms with E-state index in [4.69, 9.17) is 4.74 Å².